The van der Waals surface area contributed by atoms with Crippen molar-refractivity contribution in [3.63, 3.8) is 0 Å². The molecular weight excluding hydrogens is 512 g/mol. The molecular formula is C31H34N2O7. The van der Waals surface area contributed by atoms with Crippen LogP contribution in [0.4, 0.5) is 4.79 Å². The third kappa shape index (κ3) is 7.05. The highest BCUT2D eigenvalue weighted by Crippen LogP contribution is 2.44. The van der Waals surface area contributed by atoms with Crippen molar-refractivity contribution < 1.29 is 33.7 Å². The number of amides is 2. The molecule has 3 N–H and O–H groups in total. The van der Waals surface area contributed by atoms with Crippen LogP contribution in [0.15, 0.2) is 78.9 Å². The zero-order chi connectivity index (χ0) is 28.5. The highest BCUT2D eigenvalue weighted by atomic mass is 16.5. The number of hydrogen-bond acceptors (Lipinski definition) is 6. The molecule has 0 heterocycles. The lowest BCUT2D eigenvalue weighted by molar-refractivity contribution is -0.146. The third-order valence-corrected chi connectivity index (χ3v) is 6.95. The van der Waals surface area contributed by atoms with Crippen LogP contribution >= 0.6 is 0 Å². The van der Waals surface area contributed by atoms with Crippen LogP contribution in [0, 0.1) is 0 Å². The Morgan fingerprint density at radius 2 is 1.48 bits per heavy atom. The number of nitrogens with one attached hydrogen (secondary N) is 2. The number of benzene rings is 3. The third-order valence-electron chi connectivity index (χ3n) is 6.95. The van der Waals surface area contributed by atoms with Crippen molar-refractivity contribution in [3.05, 3.63) is 95.6 Å². The summed E-state index contributed by atoms with van der Waals surface area (Å²) in [5.41, 5.74) is 5.22. The van der Waals surface area contributed by atoms with Crippen LogP contribution in [0.3, 0.4) is 0 Å². The van der Waals surface area contributed by atoms with Crippen molar-refractivity contribution in [2.24, 2.45) is 0 Å². The van der Waals surface area contributed by atoms with Gasteiger partial charge in [0.2, 0.25) is 5.91 Å². The smallest absolute Gasteiger partial charge is 0.407 e. The fourth-order valence-corrected chi connectivity index (χ4v) is 4.82. The van der Waals surface area contributed by atoms with Gasteiger partial charge >= 0.3 is 12.1 Å². The molecule has 0 saturated heterocycles. The van der Waals surface area contributed by atoms with Crippen LogP contribution in [0.1, 0.15) is 36.0 Å². The van der Waals surface area contributed by atoms with E-state index in [1.54, 1.807) is 6.92 Å². The minimum atomic E-state index is -1.33. The molecule has 0 fully saturated rings. The Morgan fingerprint density at radius 3 is 2.08 bits per heavy atom. The Kier molecular flexibility index (Phi) is 9.88. The van der Waals surface area contributed by atoms with Crippen molar-refractivity contribution in [1.29, 1.82) is 0 Å². The summed E-state index contributed by atoms with van der Waals surface area (Å²) >= 11 is 0. The van der Waals surface area contributed by atoms with Gasteiger partial charge in [-0.15, -0.1) is 0 Å². The molecule has 210 valence electrons. The van der Waals surface area contributed by atoms with Gasteiger partial charge in [0.15, 0.2) is 6.04 Å². The summed E-state index contributed by atoms with van der Waals surface area (Å²) < 4.78 is 16.4. The van der Waals surface area contributed by atoms with Gasteiger partial charge in [0.05, 0.1) is 12.7 Å². The molecule has 0 saturated carbocycles. The monoisotopic (exact) mass is 546 g/mol. The van der Waals surface area contributed by atoms with E-state index in [9.17, 15) is 19.5 Å². The van der Waals surface area contributed by atoms with E-state index >= 15 is 0 Å². The maximum absolute atomic E-state index is 13.1. The van der Waals surface area contributed by atoms with E-state index < -0.39 is 36.2 Å². The second kappa shape index (κ2) is 13.7. The molecule has 0 spiro atoms. The summed E-state index contributed by atoms with van der Waals surface area (Å²) in [7, 11) is 1.47. The van der Waals surface area contributed by atoms with E-state index in [1.165, 1.54) is 7.11 Å². The zero-order valence-electron chi connectivity index (χ0n) is 22.5. The fourth-order valence-electron chi connectivity index (χ4n) is 4.82. The van der Waals surface area contributed by atoms with Gasteiger partial charge in [-0.2, -0.15) is 0 Å². The van der Waals surface area contributed by atoms with Crippen LogP contribution in [0.2, 0.25) is 0 Å². The first-order valence-corrected chi connectivity index (χ1v) is 13.2. The summed E-state index contributed by atoms with van der Waals surface area (Å²) in [6.07, 6.45) is -1.49. The largest absolute Gasteiger partial charge is 0.480 e. The highest BCUT2D eigenvalue weighted by molar-refractivity contribution is 5.89. The molecule has 0 aromatic heterocycles. The minimum absolute atomic E-state index is 0.0839. The average molecular weight is 547 g/mol. The Balaban J connectivity index is 1.37. The summed E-state index contributed by atoms with van der Waals surface area (Å²) in [6.45, 7) is 2.01. The van der Waals surface area contributed by atoms with Crippen molar-refractivity contribution in [3.8, 4) is 11.1 Å². The van der Waals surface area contributed by atoms with Crippen molar-refractivity contribution in [2.45, 2.75) is 44.1 Å². The van der Waals surface area contributed by atoms with E-state index in [2.05, 4.69) is 10.6 Å². The topological polar surface area (TPSA) is 123 Å². The molecule has 1 aliphatic carbocycles. The number of fused-ring (bicyclic) bond motifs is 3. The standard InChI is InChI=1S/C31H34N2O7/c1-20(39-18-21-10-4-3-5-11-21)28(30(35)36)33-29(34)27(16-17-38-2)32-31(37)40-19-26-24-14-8-6-12-22(24)23-13-7-9-15-25(23)26/h3-15,20,26-28H,16-19H2,1-2H3,(H,32,37)(H,33,34)(H,35,36). The lowest BCUT2D eigenvalue weighted by Crippen LogP contribution is -2.55. The van der Waals surface area contributed by atoms with E-state index in [0.29, 0.717) is 0 Å². The number of aliphatic carboxylic acids is 1. The molecule has 40 heavy (non-hydrogen) atoms. The number of alkyl carbamates (subject to hydrolysis) is 1. The molecule has 0 aliphatic heterocycles. The van der Waals surface area contributed by atoms with Gasteiger partial charge in [0.1, 0.15) is 12.6 Å². The number of methoxy groups -OCH3 is 1. The zero-order valence-corrected chi connectivity index (χ0v) is 22.5. The van der Waals surface area contributed by atoms with E-state index in [0.717, 1.165) is 27.8 Å². The maximum atomic E-state index is 13.1. The average Bonchev–Trinajstić information content (AvgIpc) is 3.29. The first-order valence-electron chi connectivity index (χ1n) is 13.2. The molecule has 1 aliphatic rings. The molecule has 3 unspecified atom stereocenters. The van der Waals surface area contributed by atoms with Crippen LogP contribution in [0.5, 0.6) is 0 Å². The van der Waals surface area contributed by atoms with Crippen LogP contribution in [-0.4, -0.2) is 61.6 Å². The second-order valence-electron chi connectivity index (χ2n) is 9.63. The van der Waals surface area contributed by atoms with Crippen LogP contribution in [0.25, 0.3) is 11.1 Å². The Hall–Kier alpha value is -4.21. The number of carbonyl (C=O) groups is 3. The first-order chi connectivity index (χ1) is 19.4. The number of carboxylic acid groups (broad SMARTS) is 1. The SMILES string of the molecule is COCCC(NC(=O)OCC1c2ccccc2-c2ccccc21)C(=O)NC(C(=O)O)C(C)OCc1ccccc1. The fraction of sp³-hybridized carbons (Fsp3) is 0.323. The molecule has 9 heteroatoms. The lowest BCUT2D eigenvalue weighted by atomic mass is 9.98. The first kappa shape index (κ1) is 28.8. The molecule has 3 aromatic carbocycles. The number of carbonyl (C=O) groups excluding carboxylic acids is 2. The lowest BCUT2D eigenvalue weighted by Gasteiger charge is -2.25. The van der Waals surface area contributed by atoms with Crippen LogP contribution in [-0.2, 0) is 30.4 Å². The van der Waals surface area contributed by atoms with Gasteiger partial charge in [-0.25, -0.2) is 9.59 Å². The molecule has 9 nitrogen and oxygen atoms in total. The van der Waals surface area contributed by atoms with Crippen LogP contribution < -0.4 is 10.6 Å². The maximum Gasteiger partial charge on any atom is 0.407 e. The Morgan fingerprint density at radius 1 is 0.875 bits per heavy atom. The summed E-state index contributed by atoms with van der Waals surface area (Å²) in [4.78, 5) is 37.9. The number of rotatable bonds is 13. The van der Waals surface area contributed by atoms with E-state index in [4.69, 9.17) is 14.2 Å². The summed E-state index contributed by atoms with van der Waals surface area (Å²) in [6, 6.07) is 22.9. The summed E-state index contributed by atoms with van der Waals surface area (Å²) in [5.74, 6) is -2.06. The molecule has 2 amide bonds. The molecule has 4 rings (SSSR count). The molecule has 3 atom stereocenters. The molecule has 0 radical (unpaired) electrons. The van der Waals surface area contributed by atoms with E-state index in [-0.39, 0.29) is 32.2 Å². The minimum Gasteiger partial charge on any atom is -0.480 e. The number of ether oxygens (including phenoxy) is 3. The summed E-state index contributed by atoms with van der Waals surface area (Å²) in [5, 5.41) is 14.8. The van der Waals surface area contributed by atoms with Gasteiger partial charge in [0, 0.05) is 26.1 Å². The highest BCUT2D eigenvalue weighted by Gasteiger charge is 2.32. The van der Waals surface area contributed by atoms with E-state index in [1.807, 2.05) is 78.9 Å². The van der Waals surface area contributed by atoms with Gasteiger partial charge in [0.25, 0.3) is 0 Å². The van der Waals surface area contributed by atoms with Crippen molar-refractivity contribution in [2.75, 3.05) is 20.3 Å². The van der Waals surface area contributed by atoms with Gasteiger partial charge in [-0.05, 0) is 34.7 Å². The van der Waals surface area contributed by atoms with Gasteiger partial charge in [-0.1, -0.05) is 78.9 Å². The van der Waals surface area contributed by atoms with Crippen molar-refractivity contribution in [1.82, 2.24) is 10.6 Å². The normalized spacial score (nSPS) is 14.3. The molecule has 0 bridgehead atoms. The van der Waals surface area contributed by atoms with Crippen molar-refractivity contribution >= 4 is 18.0 Å². The Bertz CT molecular complexity index is 1270. The predicted octanol–water partition coefficient (Wildman–Crippen LogP) is 4.10. The predicted molar refractivity (Wildman–Crippen MR) is 149 cm³/mol. The molecule has 3 aromatic rings. The second-order valence-corrected chi connectivity index (χ2v) is 9.63. The number of carboxylic acids is 1. The number of hydrogen-bond donors (Lipinski definition) is 3. The van der Waals surface area contributed by atoms with Gasteiger partial charge in [-0.3, -0.25) is 4.79 Å². The quantitative estimate of drug-likeness (QED) is 0.295. The Labute approximate surface area is 233 Å². The van der Waals surface area contributed by atoms with Gasteiger partial charge < -0.3 is 30.0 Å².